The molecule has 0 amide bonds. The molecule has 3 saturated carbocycles. The quantitative estimate of drug-likeness (QED) is 0.0586. The highest BCUT2D eigenvalue weighted by Crippen LogP contribution is 2.77. The molecule has 0 radical (unpaired) electrons. The topological polar surface area (TPSA) is 341 Å². The van der Waals surface area contributed by atoms with Crippen molar-refractivity contribution >= 4 is 22.3 Å². The van der Waals surface area contributed by atoms with Gasteiger partial charge in [0, 0.05) is 25.4 Å². The lowest BCUT2D eigenvalue weighted by Crippen LogP contribution is -2.64. The summed E-state index contributed by atoms with van der Waals surface area (Å²) in [6.45, 7) is 19.7. The Labute approximate surface area is 473 Å². The Morgan fingerprint density at radius 1 is 0.790 bits per heavy atom. The maximum atomic E-state index is 14.7. The largest absolute Gasteiger partial charge is 0.462 e. The van der Waals surface area contributed by atoms with Crippen LogP contribution in [0.3, 0.4) is 0 Å². The minimum atomic E-state index is -5.11. The van der Waals surface area contributed by atoms with Crippen LogP contribution >= 0.6 is 0 Å². The van der Waals surface area contributed by atoms with Crippen molar-refractivity contribution in [1.82, 2.24) is 0 Å². The molecule has 0 aromatic heterocycles. The molecule has 1 spiro atoms. The molecule has 24 nitrogen and oxygen atoms in total. The van der Waals surface area contributed by atoms with Crippen LogP contribution in [0.4, 0.5) is 0 Å². The third-order valence-corrected chi connectivity index (χ3v) is 21.1. The highest BCUT2D eigenvalue weighted by molar-refractivity contribution is 7.80. The van der Waals surface area contributed by atoms with Gasteiger partial charge in [0.05, 0.1) is 49.5 Å². The van der Waals surface area contributed by atoms with E-state index in [9.17, 15) is 58.3 Å². The van der Waals surface area contributed by atoms with Gasteiger partial charge in [-0.3, -0.25) is 14.1 Å². The highest BCUT2D eigenvalue weighted by atomic mass is 32.3. The van der Waals surface area contributed by atoms with Crippen LogP contribution in [0.1, 0.15) is 120 Å². The van der Waals surface area contributed by atoms with Crippen LogP contribution in [0, 0.1) is 45.3 Å². The Bertz CT molecular complexity index is 2440. The number of aliphatic hydroxyl groups excluding tert-OH is 7. The third kappa shape index (κ3) is 11.1. The van der Waals surface area contributed by atoms with E-state index in [1.807, 2.05) is 13.8 Å². The van der Waals surface area contributed by atoms with Gasteiger partial charge in [-0.25, -0.2) is 4.18 Å². The van der Waals surface area contributed by atoms with Gasteiger partial charge in [0.15, 0.2) is 25.2 Å². The summed E-state index contributed by atoms with van der Waals surface area (Å²) < 4.78 is 106. The molecule has 27 atom stereocenters. The average Bonchev–Trinajstić information content (AvgIpc) is 2.79. The van der Waals surface area contributed by atoms with Gasteiger partial charge in [0.1, 0.15) is 78.8 Å². The second-order valence-electron chi connectivity index (χ2n) is 26.0. The molecule has 81 heavy (non-hydrogen) atoms. The summed E-state index contributed by atoms with van der Waals surface area (Å²) in [6, 6.07) is 0. The van der Waals surface area contributed by atoms with Crippen molar-refractivity contribution in [2.24, 2.45) is 45.3 Å². The van der Waals surface area contributed by atoms with E-state index >= 15 is 0 Å². The van der Waals surface area contributed by atoms with Crippen LogP contribution in [-0.2, 0) is 76.3 Å². The fourth-order valence-corrected chi connectivity index (χ4v) is 17.0. The number of aliphatic hydroxyl groups is 7. The first-order valence-electron chi connectivity index (χ1n) is 28.7. The Morgan fingerprint density at radius 2 is 1.46 bits per heavy atom. The standard InChI is InChI=1S/C56H88O24S/c1-25(2)13-12-18-55(10)46-32(73-28(5)58)21-54(9)30-14-15-35-52(6,7)36(17-19-53(35,8)29(30)16-20-56(46,54)51(65)79-55)75-50-45(39(62)34(24-71-50)80-81(66,67)68)78-47-26(3)37(60)42(27(4)72-47)76-48-40(63)43(31(59)23-70-48)77-49-41(64)44(69-11)38(61)33(22-57)74-49/h14,26-27,29,31-50,57,59-64H,1,12-13,15-24H2,2-11H3,(H,66,67,68). The van der Waals surface area contributed by atoms with E-state index in [4.69, 9.17) is 56.3 Å². The van der Waals surface area contributed by atoms with Crippen LogP contribution in [0.2, 0.25) is 0 Å². The number of esters is 2. The molecule has 5 aliphatic heterocycles. The van der Waals surface area contributed by atoms with E-state index in [1.54, 1.807) is 13.8 Å². The van der Waals surface area contributed by atoms with Gasteiger partial charge < -0.3 is 87.9 Å². The van der Waals surface area contributed by atoms with E-state index in [0.29, 0.717) is 38.5 Å². The molecular weight excluding hydrogens is 1090 g/mol. The molecular formula is C56H88O24S. The molecule has 5 saturated heterocycles. The van der Waals surface area contributed by atoms with Crippen molar-refractivity contribution in [2.75, 3.05) is 26.9 Å². The highest BCUT2D eigenvalue weighted by Gasteiger charge is 2.79. The second kappa shape index (κ2) is 23.4. The number of carbonyl (C=O) groups is 2. The van der Waals surface area contributed by atoms with Gasteiger partial charge in [0.2, 0.25) is 0 Å². The Kier molecular flexibility index (Phi) is 18.2. The Balaban J connectivity index is 0.906. The number of rotatable bonds is 17. The van der Waals surface area contributed by atoms with E-state index < -0.39 is 181 Å². The van der Waals surface area contributed by atoms with Gasteiger partial charge >= 0.3 is 22.3 Å². The SMILES string of the molecule is C=C(C)CCCC1(C)OC(=O)C23CCC4C(=CCC5C(C)(C)C(OC6OCC(OS(=O)(=O)O)C(O)C6OC6OC(C)C(OC7OCC(O)C(OC8OC(CO)C(O)C(OC)C8O)C7O)C(O)C6C)CCC45C)C2(C)CC(OC(C)=O)C13. The lowest BCUT2D eigenvalue weighted by atomic mass is 9.41. The number of ether oxygens (including phenoxy) is 11. The first-order chi connectivity index (χ1) is 37.9. The zero-order valence-electron chi connectivity index (χ0n) is 48.1. The molecule has 25 heteroatoms. The Hall–Kier alpha value is -2.35. The van der Waals surface area contributed by atoms with Crippen LogP contribution in [0.15, 0.2) is 23.8 Å². The normalized spacial score (nSPS) is 49.6. The maximum absolute atomic E-state index is 14.7. The zero-order valence-corrected chi connectivity index (χ0v) is 48.9. The van der Waals surface area contributed by atoms with E-state index in [-0.39, 0.29) is 29.1 Å². The number of fused-ring (bicyclic) bond motifs is 4. The summed E-state index contributed by atoms with van der Waals surface area (Å²) >= 11 is 0. The molecule has 462 valence electrons. The Morgan fingerprint density at radius 3 is 2.11 bits per heavy atom. The third-order valence-electron chi connectivity index (χ3n) is 20.6. The number of hydrogen-bond donors (Lipinski definition) is 8. The molecule has 8 N–H and O–H groups in total. The lowest BCUT2D eigenvalue weighted by molar-refractivity contribution is -0.377. The molecule has 0 bridgehead atoms. The molecule has 0 aromatic rings. The van der Waals surface area contributed by atoms with E-state index in [2.05, 4.69) is 40.3 Å². The van der Waals surface area contributed by atoms with Gasteiger partial charge in [0.25, 0.3) is 0 Å². The van der Waals surface area contributed by atoms with Crippen molar-refractivity contribution in [1.29, 1.82) is 0 Å². The number of hydrogen-bond acceptors (Lipinski definition) is 23. The minimum Gasteiger partial charge on any atom is -0.462 e. The number of methoxy groups -OCH3 is 1. The molecule has 5 heterocycles. The van der Waals surface area contributed by atoms with Crippen molar-refractivity contribution < 1.29 is 115 Å². The van der Waals surface area contributed by atoms with Crippen molar-refractivity contribution in [3.8, 4) is 0 Å². The predicted molar refractivity (Wildman–Crippen MR) is 279 cm³/mol. The fraction of sp³-hybridized carbons (Fsp3) is 0.893. The van der Waals surface area contributed by atoms with Crippen molar-refractivity contribution in [3.05, 3.63) is 23.8 Å². The number of carbonyl (C=O) groups excluding carboxylic acids is 2. The van der Waals surface area contributed by atoms with Gasteiger partial charge in [-0.1, -0.05) is 51.8 Å². The number of cyclic esters (lactones) is 1. The second-order valence-corrected chi connectivity index (χ2v) is 27.0. The minimum absolute atomic E-state index is 0.0253. The first kappa shape index (κ1) is 63.2. The maximum Gasteiger partial charge on any atom is 0.397 e. The smallest absolute Gasteiger partial charge is 0.397 e. The van der Waals surface area contributed by atoms with Crippen molar-refractivity contribution in [2.45, 2.75) is 242 Å². The average molecular weight is 1180 g/mol. The molecule has 8 fully saturated rings. The van der Waals surface area contributed by atoms with Gasteiger partial charge in [-0.15, -0.1) is 6.58 Å². The van der Waals surface area contributed by atoms with Gasteiger partial charge in [-0.05, 0) is 101 Å². The summed E-state index contributed by atoms with van der Waals surface area (Å²) in [5.74, 6) is -1.84. The first-order valence-corrected chi connectivity index (χ1v) is 30.0. The molecule has 0 aromatic carbocycles. The monoisotopic (exact) mass is 1180 g/mol. The molecule has 9 rings (SSSR count). The summed E-state index contributed by atoms with van der Waals surface area (Å²) in [7, 11) is -3.88. The predicted octanol–water partition coefficient (Wildman–Crippen LogP) is 1.90. The lowest BCUT2D eigenvalue weighted by Gasteiger charge is -2.64. The fourth-order valence-electron chi connectivity index (χ4n) is 16.6. The molecule has 4 aliphatic carbocycles. The van der Waals surface area contributed by atoms with Crippen LogP contribution in [0.25, 0.3) is 0 Å². The summed E-state index contributed by atoms with van der Waals surface area (Å²) in [5, 5.41) is 77.2. The summed E-state index contributed by atoms with van der Waals surface area (Å²) in [4.78, 5) is 27.4. The van der Waals surface area contributed by atoms with Crippen LogP contribution in [-0.4, -0.2) is 210 Å². The van der Waals surface area contributed by atoms with Crippen molar-refractivity contribution in [3.63, 3.8) is 0 Å². The van der Waals surface area contributed by atoms with E-state index in [0.717, 1.165) is 24.8 Å². The number of allylic oxidation sites excluding steroid dienone is 3. The van der Waals surface area contributed by atoms with Crippen LogP contribution < -0.4 is 0 Å². The molecule has 9 aliphatic rings. The summed E-state index contributed by atoms with van der Waals surface area (Å²) in [5.41, 5.74) is -0.986. The molecule has 27 unspecified atom stereocenters. The van der Waals surface area contributed by atoms with Gasteiger partial charge in [-0.2, -0.15) is 8.42 Å². The zero-order chi connectivity index (χ0) is 59.3. The van der Waals surface area contributed by atoms with Crippen LogP contribution in [0.5, 0.6) is 0 Å². The van der Waals surface area contributed by atoms with E-state index in [1.165, 1.54) is 19.6 Å². The summed E-state index contributed by atoms with van der Waals surface area (Å²) in [6.07, 6.45) is -17.7.